The molecule has 1 unspecified atom stereocenters. The predicted molar refractivity (Wildman–Crippen MR) is 88.0 cm³/mol. The molecule has 0 aromatic carbocycles. The number of pyridine rings is 1. The lowest BCUT2D eigenvalue weighted by Gasteiger charge is -2.38. The highest BCUT2D eigenvalue weighted by molar-refractivity contribution is 6.31. The standard InChI is InChI=1S/C16H25ClN4/c1-12(2)18-9-13-8-16(19-10-15(13)17)21-7-6-20-5-3-4-14(20)11-21/h8,10,12,14,18H,3-7,9,11H2,1-2H3. The Bertz CT molecular complexity index is 491. The van der Waals surface area contributed by atoms with Crippen molar-refractivity contribution in [2.24, 2.45) is 0 Å². The van der Waals surface area contributed by atoms with E-state index in [4.69, 9.17) is 11.6 Å². The van der Waals surface area contributed by atoms with Gasteiger partial charge in [-0.3, -0.25) is 4.90 Å². The molecule has 3 heterocycles. The molecule has 0 radical (unpaired) electrons. The average Bonchev–Trinajstić information content (AvgIpc) is 2.93. The number of anilines is 1. The lowest BCUT2D eigenvalue weighted by atomic mass is 10.1. The van der Waals surface area contributed by atoms with Crippen molar-refractivity contribution in [2.75, 3.05) is 31.1 Å². The van der Waals surface area contributed by atoms with E-state index in [1.54, 1.807) is 6.20 Å². The quantitative estimate of drug-likeness (QED) is 0.926. The van der Waals surface area contributed by atoms with E-state index in [2.05, 4.69) is 40.0 Å². The molecule has 1 aromatic heterocycles. The van der Waals surface area contributed by atoms with Crippen LogP contribution in [0.2, 0.25) is 5.02 Å². The van der Waals surface area contributed by atoms with Crippen molar-refractivity contribution in [3.63, 3.8) is 0 Å². The second kappa shape index (κ2) is 6.51. The molecule has 0 amide bonds. The molecule has 2 fully saturated rings. The number of fused-ring (bicyclic) bond motifs is 1. The number of aromatic nitrogens is 1. The Hall–Kier alpha value is -0.840. The molecule has 5 heteroatoms. The third kappa shape index (κ3) is 3.50. The Kier molecular flexibility index (Phi) is 4.67. The van der Waals surface area contributed by atoms with Crippen LogP contribution >= 0.6 is 11.6 Å². The number of rotatable bonds is 4. The normalized spacial score (nSPS) is 22.9. The fraction of sp³-hybridized carbons (Fsp3) is 0.688. The molecule has 1 atom stereocenters. The average molecular weight is 309 g/mol. The second-order valence-electron chi connectivity index (χ2n) is 6.45. The lowest BCUT2D eigenvalue weighted by molar-refractivity contribution is 0.230. The molecule has 0 spiro atoms. The second-order valence-corrected chi connectivity index (χ2v) is 6.85. The maximum atomic E-state index is 6.28. The molecule has 2 aliphatic rings. The molecule has 0 aliphatic carbocycles. The van der Waals surface area contributed by atoms with Crippen molar-refractivity contribution in [2.45, 2.75) is 45.3 Å². The van der Waals surface area contributed by atoms with Gasteiger partial charge in [-0.25, -0.2) is 4.98 Å². The Morgan fingerprint density at radius 3 is 3.05 bits per heavy atom. The van der Waals surface area contributed by atoms with Crippen LogP contribution in [0.15, 0.2) is 12.3 Å². The van der Waals surface area contributed by atoms with Crippen molar-refractivity contribution in [3.8, 4) is 0 Å². The molecule has 0 saturated carbocycles. The maximum Gasteiger partial charge on any atom is 0.129 e. The van der Waals surface area contributed by atoms with Crippen LogP contribution in [0.5, 0.6) is 0 Å². The monoisotopic (exact) mass is 308 g/mol. The van der Waals surface area contributed by atoms with Crippen LogP contribution in [0.3, 0.4) is 0 Å². The first-order valence-corrected chi connectivity index (χ1v) is 8.38. The van der Waals surface area contributed by atoms with Crippen molar-refractivity contribution in [1.29, 1.82) is 0 Å². The van der Waals surface area contributed by atoms with E-state index in [0.29, 0.717) is 12.1 Å². The molecule has 0 bridgehead atoms. The molecule has 1 aromatic rings. The molecule has 3 rings (SSSR count). The zero-order chi connectivity index (χ0) is 14.8. The number of hydrogen-bond acceptors (Lipinski definition) is 4. The van der Waals surface area contributed by atoms with Crippen molar-refractivity contribution in [1.82, 2.24) is 15.2 Å². The molecule has 116 valence electrons. The van der Waals surface area contributed by atoms with Crippen molar-refractivity contribution >= 4 is 17.4 Å². The summed E-state index contributed by atoms with van der Waals surface area (Å²) in [5.41, 5.74) is 1.14. The zero-order valence-corrected chi connectivity index (χ0v) is 13.7. The third-order valence-electron chi connectivity index (χ3n) is 4.53. The van der Waals surface area contributed by atoms with Gasteiger partial charge in [0.05, 0.1) is 5.02 Å². The summed E-state index contributed by atoms with van der Waals surface area (Å²) in [6.07, 6.45) is 4.47. The highest BCUT2D eigenvalue weighted by Crippen LogP contribution is 2.26. The first-order chi connectivity index (χ1) is 10.1. The van der Waals surface area contributed by atoms with Crippen LogP contribution in [0.25, 0.3) is 0 Å². The van der Waals surface area contributed by atoms with Crippen LogP contribution in [0.1, 0.15) is 32.3 Å². The minimum absolute atomic E-state index is 0.458. The van der Waals surface area contributed by atoms with E-state index in [1.165, 1.54) is 19.4 Å². The summed E-state index contributed by atoms with van der Waals surface area (Å²) >= 11 is 6.28. The summed E-state index contributed by atoms with van der Waals surface area (Å²) in [6, 6.07) is 3.33. The Morgan fingerprint density at radius 1 is 1.38 bits per heavy atom. The summed E-state index contributed by atoms with van der Waals surface area (Å²) < 4.78 is 0. The fourth-order valence-electron chi connectivity index (χ4n) is 3.29. The van der Waals surface area contributed by atoms with Crippen LogP contribution in [0.4, 0.5) is 5.82 Å². The van der Waals surface area contributed by atoms with E-state index < -0.39 is 0 Å². The van der Waals surface area contributed by atoms with Gasteiger partial charge in [0.25, 0.3) is 0 Å². The zero-order valence-electron chi connectivity index (χ0n) is 13.0. The Labute approximate surface area is 132 Å². The topological polar surface area (TPSA) is 31.4 Å². The number of halogens is 1. The van der Waals surface area contributed by atoms with Gasteiger partial charge in [0.2, 0.25) is 0 Å². The van der Waals surface area contributed by atoms with E-state index in [0.717, 1.165) is 42.6 Å². The number of piperazine rings is 1. The number of nitrogens with zero attached hydrogens (tertiary/aromatic N) is 3. The first kappa shape index (κ1) is 15.1. The lowest BCUT2D eigenvalue weighted by Crippen LogP contribution is -2.50. The maximum absolute atomic E-state index is 6.28. The summed E-state index contributed by atoms with van der Waals surface area (Å²) in [4.78, 5) is 9.59. The van der Waals surface area contributed by atoms with Gasteiger partial charge in [-0.2, -0.15) is 0 Å². The van der Waals surface area contributed by atoms with E-state index in [1.807, 2.05) is 0 Å². The number of hydrogen-bond donors (Lipinski definition) is 1. The van der Waals surface area contributed by atoms with Crippen molar-refractivity contribution in [3.05, 3.63) is 22.8 Å². The predicted octanol–water partition coefficient (Wildman–Crippen LogP) is 2.52. The van der Waals surface area contributed by atoms with Gasteiger partial charge >= 0.3 is 0 Å². The van der Waals surface area contributed by atoms with Crippen LogP contribution in [-0.4, -0.2) is 48.1 Å². The van der Waals surface area contributed by atoms with Crippen LogP contribution in [-0.2, 0) is 6.54 Å². The summed E-state index contributed by atoms with van der Waals surface area (Å²) in [6.45, 7) is 9.71. The van der Waals surface area contributed by atoms with Gasteiger partial charge in [0.1, 0.15) is 5.82 Å². The SMILES string of the molecule is CC(C)NCc1cc(N2CCN3CCCC3C2)ncc1Cl. The summed E-state index contributed by atoms with van der Waals surface area (Å²) in [5, 5.41) is 4.19. The molecule has 21 heavy (non-hydrogen) atoms. The van der Waals surface area contributed by atoms with Gasteiger partial charge in [-0.15, -0.1) is 0 Å². The van der Waals surface area contributed by atoms with E-state index in [-0.39, 0.29) is 0 Å². The highest BCUT2D eigenvalue weighted by atomic mass is 35.5. The molecule has 2 aliphatic heterocycles. The molecular formula is C16H25ClN4. The minimum Gasteiger partial charge on any atom is -0.354 e. The Morgan fingerprint density at radius 2 is 2.24 bits per heavy atom. The molecular weight excluding hydrogens is 284 g/mol. The third-order valence-corrected chi connectivity index (χ3v) is 4.87. The smallest absolute Gasteiger partial charge is 0.129 e. The van der Waals surface area contributed by atoms with Crippen molar-refractivity contribution < 1.29 is 0 Å². The van der Waals surface area contributed by atoms with Gasteiger partial charge in [-0.1, -0.05) is 25.4 Å². The summed E-state index contributed by atoms with van der Waals surface area (Å²) in [5.74, 6) is 1.08. The largest absolute Gasteiger partial charge is 0.354 e. The summed E-state index contributed by atoms with van der Waals surface area (Å²) in [7, 11) is 0. The van der Waals surface area contributed by atoms with E-state index in [9.17, 15) is 0 Å². The van der Waals surface area contributed by atoms with Gasteiger partial charge in [-0.05, 0) is 31.0 Å². The first-order valence-electron chi connectivity index (χ1n) is 8.00. The fourth-order valence-corrected chi connectivity index (χ4v) is 3.46. The molecule has 2 saturated heterocycles. The van der Waals surface area contributed by atoms with E-state index >= 15 is 0 Å². The Balaban J connectivity index is 1.71. The van der Waals surface area contributed by atoms with Gasteiger partial charge < -0.3 is 10.2 Å². The minimum atomic E-state index is 0.458. The number of nitrogens with one attached hydrogen (secondary N) is 1. The van der Waals surface area contributed by atoms with Crippen LogP contribution in [0, 0.1) is 0 Å². The molecule has 1 N–H and O–H groups in total. The highest BCUT2D eigenvalue weighted by Gasteiger charge is 2.31. The van der Waals surface area contributed by atoms with Gasteiger partial charge in [0, 0.05) is 44.5 Å². The van der Waals surface area contributed by atoms with Crippen LogP contribution < -0.4 is 10.2 Å². The van der Waals surface area contributed by atoms with Gasteiger partial charge in [0.15, 0.2) is 0 Å². The molecule has 4 nitrogen and oxygen atoms in total.